The van der Waals surface area contributed by atoms with Crippen LogP contribution < -0.4 is 5.32 Å². The van der Waals surface area contributed by atoms with E-state index in [1.54, 1.807) is 18.2 Å². The molecule has 0 spiro atoms. The summed E-state index contributed by atoms with van der Waals surface area (Å²) in [5.74, 6) is -0.373. The van der Waals surface area contributed by atoms with Crippen LogP contribution in [-0.2, 0) is 4.74 Å². The average Bonchev–Trinajstić information content (AvgIpc) is 2.31. The Morgan fingerprint density at radius 1 is 1.50 bits per heavy atom. The molecule has 0 unspecified atom stereocenters. The number of carbonyl (C=O) groups is 1. The van der Waals surface area contributed by atoms with Crippen LogP contribution in [-0.4, -0.2) is 32.1 Å². The van der Waals surface area contributed by atoms with Gasteiger partial charge in [0.05, 0.1) is 17.2 Å². The third-order valence-electron chi connectivity index (χ3n) is 1.95. The summed E-state index contributed by atoms with van der Waals surface area (Å²) in [7, 11) is 0. The zero-order chi connectivity index (χ0) is 13.5. The van der Waals surface area contributed by atoms with Gasteiger partial charge in [-0.15, -0.1) is 0 Å². The van der Waals surface area contributed by atoms with Crippen molar-refractivity contribution in [3.8, 4) is 0 Å². The molecule has 0 aliphatic rings. The Kier molecular flexibility index (Phi) is 6.52. The summed E-state index contributed by atoms with van der Waals surface area (Å²) in [6, 6.07) is 4.89. The van der Waals surface area contributed by atoms with Gasteiger partial charge in [0.25, 0.3) is 12.3 Å². The molecule has 0 saturated carbocycles. The van der Waals surface area contributed by atoms with Gasteiger partial charge in [0.2, 0.25) is 0 Å². The summed E-state index contributed by atoms with van der Waals surface area (Å²) in [4.78, 5) is 11.7. The molecule has 1 aromatic rings. The molecule has 0 saturated heterocycles. The topological polar surface area (TPSA) is 38.3 Å². The van der Waals surface area contributed by atoms with E-state index in [4.69, 9.17) is 11.6 Å². The lowest BCUT2D eigenvalue weighted by Crippen LogP contribution is -2.28. The number of hydrogen-bond donors (Lipinski definition) is 1. The van der Waals surface area contributed by atoms with Gasteiger partial charge in [-0.3, -0.25) is 4.79 Å². The Balaban J connectivity index is 2.39. The van der Waals surface area contributed by atoms with Gasteiger partial charge in [-0.25, -0.2) is 8.78 Å². The maximum Gasteiger partial charge on any atom is 0.261 e. The summed E-state index contributed by atoms with van der Waals surface area (Å²) in [6.07, 6.45) is -2.50. The first-order valence-electron chi connectivity index (χ1n) is 5.10. The number of nitrogens with one attached hydrogen (secondary N) is 1. The number of carbonyl (C=O) groups excluding carboxylic acids is 1. The number of hydrogen-bond acceptors (Lipinski definition) is 2. The van der Waals surface area contributed by atoms with Gasteiger partial charge in [0.15, 0.2) is 0 Å². The van der Waals surface area contributed by atoms with E-state index < -0.39 is 13.0 Å². The Morgan fingerprint density at radius 3 is 2.89 bits per heavy atom. The maximum atomic E-state index is 11.7. The number of amides is 1. The fraction of sp³-hybridized carbons (Fsp3) is 0.364. The van der Waals surface area contributed by atoms with Gasteiger partial charge in [-0.1, -0.05) is 27.5 Å². The van der Waals surface area contributed by atoms with Crippen LogP contribution in [0.5, 0.6) is 0 Å². The normalized spacial score (nSPS) is 10.7. The van der Waals surface area contributed by atoms with Crippen LogP contribution in [0.25, 0.3) is 0 Å². The first-order valence-corrected chi connectivity index (χ1v) is 6.27. The minimum atomic E-state index is -2.50. The maximum absolute atomic E-state index is 11.7. The summed E-state index contributed by atoms with van der Waals surface area (Å²) in [6.45, 7) is -0.455. The minimum Gasteiger partial charge on any atom is -0.374 e. The highest BCUT2D eigenvalue weighted by Crippen LogP contribution is 2.20. The molecular weight excluding hydrogens is 331 g/mol. The summed E-state index contributed by atoms with van der Waals surface area (Å²) < 4.78 is 28.9. The molecule has 0 aromatic heterocycles. The van der Waals surface area contributed by atoms with E-state index in [2.05, 4.69) is 26.0 Å². The van der Waals surface area contributed by atoms with Crippen LogP contribution in [0.15, 0.2) is 22.7 Å². The van der Waals surface area contributed by atoms with Crippen molar-refractivity contribution in [2.24, 2.45) is 0 Å². The Labute approximate surface area is 117 Å². The van der Waals surface area contributed by atoms with Crippen molar-refractivity contribution in [2.75, 3.05) is 19.8 Å². The molecule has 0 atom stereocenters. The average molecular weight is 343 g/mol. The second kappa shape index (κ2) is 7.66. The molecule has 0 aliphatic carbocycles. The van der Waals surface area contributed by atoms with Gasteiger partial charge in [-0.05, 0) is 18.2 Å². The molecule has 0 fully saturated rings. The van der Waals surface area contributed by atoms with E-state index in [9.17, 15) is 13.6 Å². The van der Waals surface area contributed by atoms with Crippen LogP contribution in [0.4, 0.5) is 8.78 Å². The van der Waals surface area contributed by atoms with Crippen molar-refractivity contribution in [1.82, 2.24) is 5.32 Å². The standard InChI is InChI=1S/C11H11BrClF2NO2/c12-7-1-2-9(13)8(5-7)11(17)16-3-4-18-6-10(14)15/h1-2,5,10H,3-4,6H2,(H,16,17). The molecule has 1 amide bonds. The second-order valence-electron chi connectivity index (χ2n) is 3.35. The molecule has 0 aliphatic heterocycles. The molecule has 0 radical (unpaired) electrons. The predicted molar refractivity (Wildman–Crippen MR) is 68.3 cm³/mol. The lowest BCUT2D eigenvalue weighted by Gasteiger charge is -2.07. The van der Waals surface area contributed by atoms with Gasteiger partial charge < -0.3 is 10.1 Å². The number of ether oxygens (including phenoxy) is 1. The van der Waals surface area contributed by atoms with Gasteiger partial charge in [-0.2, -0.15) is 0 Å². The smallest absolute Gasteiger partial charge is 0.261 e. The first kappa shape index (κ1) is 15.3. The summed E-state index contributed by atoms with van der Waals surface area (Å²) in [5, 5.41) is 2.85. The summed E-state index contributed by atoms with van der Waals surface area (Å²) >= 11 is 9.09. The molecule has 1 aromatic carbocycles. The van der Waals surface area contributed by atoms with Gasteiger partial charge >= 0.3 is 0 Å². The molecular formula is C11H11BrClF2NO2. The monoisotopic (exact) mass is 341 g/mol. The van der Waals surface area contributed by atoms with Crippen LogP contribution in [0.1, 0.15) is 10.4 Å². The molecule has 7 heteroatoms. The SMILES string of the molecule is O=C(NCCOCC(F)F)c1cc(Br)ccc1Cl. The molecule has 3 nitrogen and oxygen atoms in total. The highest BCUT2D eigenvalue weighted by molar-refractivity contribution is 9.10. The molecule has 100 valence electrons. The highest BCUT2D eigenvalue weighted by atomic mass is 79.9. The number of alkyl halides is 2. The number of benzene rings is 1. The molecule has 1 rings (SSSR count). The third-order valence-corrected chi connectivity index (χ3v) is 2.77. The van der Waals surface area contributed by atoms with E-state index in [1.807, 2.05) is 0 Å². The Hall–Kier alpha value is -0.720. The molecule has 0 heterocycles. The number of rotatable bonds is 6. The van der Waals surface area contributed by atoms with Crippen LogP contribution in [0.2, 0.25) is 5.02 Å². The Morgan fingerprint density at radius 2 is 2.22 bits per heavy atom. The lowest BCUT2D eigenvalue weighted by molar-refractivity contribution is 0.0188. The molecule has 18 heavy (non-hydrogen) atoms. The van der Waals surface area contributed by atoms with Crippen molar-refractivity contribution < 1.29 is 18.3 Å². The van der Waals surface area contributed by atoms with Crippen molar-refractivity contribution in [1.29, 1.82) is 0 Å². The summed E-state index contributed by atoms with van der Waals surface area (Å²) in [5.41, 5.74) is 0.319. The lowest BCUT2D eigenvalue weighted by atomic mass is 10.2. The largest absolute Gasteiger partial charge is 0.374 e. The molecule has 0 bridgehead atoms. The zero-order valence-corrected chi connectivity index (χ0v) is 11.6. The van der Waals surface area contributed by atoms with E-state index in [1.165, 1.54) is 0 Å². The first-order chi connectivity index (χ1) is 8.50. The fourth-order valence-electron chi connectivity index (χ4n) is 1.18. The van der Waals surface area contributed by atoms with Crippen molar-refractivity contribution >= 4 is 33.4 Å². The Bertz CT molecular complexity index is 418. The van der Waals surface area contributed by atoms with E-state index in [-0.39, 0.29) is 19.1 Å². The highest BCUT2D eigenvalue weighted by Gasteiger charge is 2.10. The van der Waals surface area contributed by atoms with Crippen LogP contribution in [0.3, 0.4) is 0 Å². The minimum absolute atomic E-state index is 0.0295. The van der Waals surface area contributed by atoms with E-state index in [0.717, 1.165) is 4.47 Å². The predicted octanol–water partition coefficient (Wildman–Crippen LogP) is 3.11. The van der Waals surface area contributed by atoms with Gasteiger partial charge in [0.1, 0.15) is 6.61 Å². The van der Waals surface area contributed by atoms with Crippen molar-refractivity contribution in [3.05, 3.63) is 33.3 Å². The van der Waals surface area contributed by atoms with Gasteiger partial charge in [0, 0.05) is 11.0 Å². The number of halogens is 4. The van der Waals surface area contributed by atoms with Crippen molar-refractivity contribution in [2.45, 2.75) is 6.43 Å². The van der Waals surface area contributed by atoms with E-state index in [0.29, 0.717) is 10.6 Å². The zero-order valence-electron chi connectivity index (χ0n) is 9.26. The quantitative estimate of drug-likeness (QED) is 0.807. The fourth-order valence-corrected chi connectivity index (χ4v) is 1.74. The van der Waals surface area contributed by atoms with E-state index >= 15 is 0 Å². The van der Waals surface area contributed by atoms with Crippen molar-refractivity contribution in [3.63, 3.8) is 0 Å². The van der Waals surface area contributed by atoms with Crippen LogP contribution >= 0.6 is 27.5 Å². The third kappa shape index (κ3) is 5.29. The second-order valence-corrected chi connectivity index (χ2v) is 4.67. The molecule has 1 N–H and O–H groups in total. The van der Waals surface area contributed by atoms with Crippen LogP contribution in [0, 0.1) is 0 Å².